The van der Waals surface area contributed by atoms with Gasteiger partial charge in [0.25, 0.3) is 0 Å². The van der Waals surface area contributed by atoms with E-state index in [9.17, 15) is 9.59 Å². The molecule has 9 rings (SSSR count). The molecule has 0 radical (unpaired) electrons. The van der Waals surface area contributed by atoms with Gasteiger partial charge >= 0.3 is 0 Å². The molecule has 1 aliphatic heterocycles. The molecule has 2 unspecified atom stereocenters. The number of allylic oxidation sites excluding steroid dienone is 1. The van der Waals surface area contributed by atoms with Crippen LogP contribution >= 0.6 is 0 Å². The zero-order chi connectivity index (χ0) is 19.7. The second kappa shape index (κ2) is 6.16. The Balaban J connectivity index is 1.47. The standard InChI is InChI=1S/C26H25NO2/c1-27-25(28)20-13-12-19-22(24(20)26(27)29)14-21-17-8-6-15-2-4-16(5-3-15)7-9-18(11-10-17)23(19)21/h2-5,10-11,20,24H,6-9,12-14H2,1H3. The molecule has 1 heterocycles. The Labute approximate surface area is 171 Å². The van der Waals surface area contributed by atoms with Crippen molar-refractivity contribution in [3.05, 3.63) is 75.4 Å². The van der Waals surface area contributed by atoms with Crippen molar-refractivity contribution in [2.75, 3.05) is 7.05 Å². The molecule has 29 heavy (non-hydrogen) atoms. The van der Waals surface area contributed by atoms with Gasteiger partial charge in [0, 0.05) is 7.05 Å². The van der Waals surface area contributed by atoms with Crippen LogP contribution in [-0.2, 0) is 41.7 Å². The van der Waals surface area contributed by atoms with E-state index >= 15 is 0 Å². The van der Waals surface area contributed by atoms with Crippen molar-refractivity contribution in [2.45, 2.75) is 44.9 Å². The lowest BCUT2D eigenvalue weighted by Crippen LogP contribution is -2.26. The number of likely N-dealkylation sites (tertiary alicyclic amines) is 1. The average Bonchev–Trinajstić information content (AvgIpc) is 3.22. The van der Waals surface area contributed by atoms with Crippen molar-refractivity contribution in [1.82, 2.24) is 4.90 Å². The van der Waals surface area contributed by atoms with Crippen LogP contribution in [0.3, 0.4) is 0 Å². The van der Waals surface area contributed by atoms with Crippen molar-refractivity contribution in [3.63, 3.8) is 0 Å². The van der Waals surface area contributed by atoms with Gasteiger partial charge in [0.15, 0.2) is 0 Å². The third-order valence-electron chi connectivity index (χ3n) is 7.67. The number of hydrogen-bond acceptors (Lipinski definition) is 2. The molecule has 0 saturated carbocycles. The van der Waals surface area contributed by atoms with Gasteiger partial charge < -0.3 is 0 Å². The summed E-state index contributed by atoms with van der Waals surface area (Å²) in [7, 11) is 1.65. The third kappa shape index (κ3) is 2.43. The Morgan fingerprint density at radius 1 is 0.793 bits per heavy atom. The number of carbonyl (C=O) groups excluding carboxylic acids is 2. The lowest BCUT2D eigenvalue weighted by Gasteiger charge is -2.25. The highest BCUT2D eigenvalue weighted by molar-refractivity contribution is 6.08. The number of carbonyl (C=O) groups is 2. The number of fused-ring (bicyclic) bond motifs is 2. The quantitative estimate of drug-likeness (QED) is 0.647. The fourth-order valence-electron chi connectivity index (χ4n) is 6.09. The molecule has 3 nitrogen and oxygen atoms in total. The Morgan fingerprint density at radius 2 is 1.45 bits per heavy atom. The van der Waals surface area contributed by atoms with Gasteiger partial charge in [-0.25, -0.2) is 0 Å². The minimum absolute atomic E-state index is 0.0126. The SMILES string of the molecule is CN1C(=O)C2CCC3=C(Cc4c5ccc(c43)CCc3ccc(cc3)CC5)C2C1=O. The zero-order valence-electron chi connectivity index (χ0n) is 16.8. The fourth-order valence-corrected chi connectivity index (χ4v) is 6.09. The summed E-state index contributed by atoms with van der Waals surface area (Å²) in [5, 5.41) is 0. The third-order valence-corrected chi connectivity index (χ3v) is 7.67. The van der Waals surface area contributed by atoms with Crippen LogP contribution in [0, 0.1) is 11.8 Å². The molecule has 0 spiro atoms. The Kier molecular flexibility index (Phi) is 3.65. The summed E-state index contributed by atoms with van der Waals surface area (Å²) < 4.78 is 0. The number of hydrogen-bond donors (Lipinski definition) is 0. The maximum absolute atomic E-state index is 12.9. The van der Waals surface area contributed by atoms with Crippen LogP contribution in [0.15, 0.2) is 42.0 Å². The normalized spacial score (nSPS) is 25.1. The van der Waals surface area contributed by atoms with Crippen LogP contribution in [0.25, 0.3) is 5.57 Å². The summed E-state index contributed by atoms with van der Waals surface area (Å²) in [5.41, 5.74) is 11.1. The molecule has 2 aromatic rings. The van der Waals surface area contributed by atoms with Gasteiger partial charge in [-0.1, -0.05) is 36.4 Å². The highest BCUT2D eigenvalue weighted by atomic mass is 16.2. The van der Waals surface area contributed by atoms with Gasteiger partial charge in [0.05, 0.1) is 11.8 Å². The van der Waals surface area contributed by atoms with Crippen LogP contribution in [0.5, 0.6) is 0 Å². The van der Waals surface area contributed by atoms with Gasteiger partial charge in [0.2, 0.25) is 11.8 Å². The molecule has 1 fully saturated rings. The second-order valence-corrected chi connectivity index (χ2v) is 9.09. The highest BCUT2D eigenvalue weighted by Gasteiger charge is 2.51. The highest BCUT2D eigenvalue weighted by Crippen LogP contribution is 2.51. The maximum atomic E-state index is 12.9. The Bertz CT molecular complexity index is 1090. The molecule has 146 valence electrons. The molecule has 1 saturated heterocycles. The van der Waals surface area contributed by atoms with E-state index in [0.29, 0.717) is 0 Å². The van der Waals surface area contributed by atoms with E-state index in [1.807, 2.05) is 0 Å². The zero-order valence-corrected chi connectivity index (χ0v) is 16.8. The molecular formula is C26H25NO2. The van der Waals surface area contributed by atoms with Crippen molar-refractivity contribution in [2.24, 2.45) is 11.8 Å². The van der Waals surface area contributed by atoms with Crippen molar-refractivity contribution >= 4 is 17.4 Å². The smallest absolute Gasteiger partial charge is 0.236 e. The number of aryl methyl sites for hydroxylation is 4. The molecule has 7 aliphatic rings. The fraction of sp³-hybridized carbons (Fsp3) is 0.385. The van der Waals surface area contributed by atoms with E-state index in [0.717, 1.165) is 44.9 Å². The molecule has 2 atom stereocenters. The first kappa shape index (κ1) is 17.2. The maximum Gasteiger partial charge on any atom is 0.236 e. The Hall–Kier alpha value is -2.68. The van der Waals surface area contributed by atoms with Gasteiger partial charge in [-0.2, -0.15) is 0 Å². The number of rotatable bonds is 0. The summed E-state index contributed by atoms with van der Waals surface area (Å²) >= 11 is 0. The van der Waals surface area contributed by atoms with E-state index in [-0.39, 0.29) is 23.7 Å². The van der Waals surface area contributed by atoms with Gasteiger partial charge in [0.1, 0.15) is 0 Å². The van der Waals surface area contributed by atoms with E-state index in [1.54, 1.807) is 7.05 Å². The molecule has 2 aromatic carbocycles. The number of imide groups is 1. The van der Waals surface area contributed by atoms with Crippen molar-refractivity contribution < 1.29 is 9.59 Å². The summed E-state index contributed by atoms with van der Waals surface area (Å²) in [4.78, 5) is 26.9. The summed E-state index contributed by atoms with van der Waals surface area (Å²) in [6.07, 6.45) is 6.75. The van der Waals surface area contributed by atoms with E-state index in [2.05, 4.69) is 36.4 Å². The lowest BCUT2D eigenvalue weighted by atomic mass is 9.76. The van der Waals surface area contributed by atoms with Crippen LogP contribution in [0.4, 0.5) is 0 Å². The van der Waals surface area contributed by atoms with Crippen LogP contribution in [0.1, 0.15) is 46.2 Å². The largest absolute Gasteiger partial charge is 0.285 e. The van der Waals surface area contributed by atoms with Gasteiger partial charge in [-0.3, -0.25) is 14.5 Å². The number of amides is 2. The van der Waals surface area contributed by atoms with Crippen molar-refractivity contribution in [3.8, 4) is 0 Å². The minimum atomic E-state index is -0.219. The van der Waals surface area contributed by atoms with E-state index in [1.165, 1.54) is 49.4 Å². The molecule has 6 aliphatic carbocycles. The average molecular weight is 383 g/mol. The first-order valence-corrected chi connectivity index (χ1v) is 10.9. The molecule has 2 amide bonds. The van der Waals surface area contributed by atoms with Crippen LogP contribution < -0.4 is 0 Å². The monoisotopic (exact) mass is 383 g/mol. The molecule has 3 heteroatoms. The predicted octanol–water partition coefficient (Wildman–Crippen LogP) is 3.90. The van der Waals surface area contributed by atoms with Crippen molar-refractivity contribution in [1.29, 1.82) is 0 Å². The molecule has 0 aromatic heterocycles. The summed E-state index contributed by atoms with van der Waals surface area (Å²) in [5.74, 6) is -0.317. The van der Waals surface area contributed by atoms with Crippen LogP contribution in [-0.4, -0.2) is 23.8 Å². The predicted molar refractivity (Wildman–Crippen MR) is 112 cm³/mol. The Morgan fingerprint density at radius 3 is 2.17 bits per heavy atom. The van der Waals surface area contributed by atoms with Gasteiger partial charge in [-0.05, 0) is 89.5 Å². The molecule has 4 bridgehead atoms. The summed E-state index contributed by atoms with van der Waals surface area (Å²) in [6, 6.07) is 13.8. The molecule has 0 N–H and O–H groups in total. The number of benzene rings is 2. The van der Waals surface area contributed by atoms with Gasteiger partial charge in [-0.15, -0.1) is 0 Å². The minimum Gasteiger partial charge on any atom is -0.285 e. The van der Waals surface area contributed by atoms with Crippen LogP contribution in [0.2, 0.25) is 0 Å². The first-order chi connectivity index (χ1) is 14.1. The van der Waals surface area contributed by atoms with E-state index < -0.39 is 0 Å². The molecular weight excluding hydrogens is 358 g/mol. The first-order valence-electron chi connectivity index (χ1n) is 10.9. The number of nitrogens with zero attached hydrogens (tertiary/aromatic N) is 1. The second-order valence-electron chi connectivity index (χ2n) is 9.09. The van der Waals surface area contributed by atoms with E-state index in [4.69, 9.17) is 0 Å². The lowest BCUT2D eigenvalue weighted by molar-refractivity contribution is -0.138. The topological polar surface area (TPSA) is 37.4 Å². The summed E-state index contributed by atoms with van der Waals surface area (Å²) in [6.45, 7) is 0.